The van der Waals surface area contributed by atoms with E-state index >= 15 is 0 Å². The van der Waals surface area contributed by atoms with E-state index < -0.39 is 5.97 Å². The van der Waals surface area contributed by atoms with E-state index in [0.29, 0.717) is 16.7 Å². The molecule has 3 heteroatoms. The molecule has 0 amide bonds. The van der Waals surface area contributed by atoms with Crippen LogP contribution in [0, 0.1) is 58.2 Å². The van der Waals surface area contributed by atoms with Crippen molar-refractivity contribution in [3.63, 3.8) is 0 Å². The predicted octanol–water partition coefficient (Wildman–Crippen LogP) is 1.43. The molecule has 4 saturated carbocycles. The summed E-state index contributed by atoms with van der Waals surface area (Å²) in [7, 11) is 0. The molecular weight excluding hydrogens is 343 g/mol. The first-order valence-electron chi connectivity index (χ1n) is 11.1. The first-order chi connectivity index (χ1) is 12.4. The van der Waals surface area contributed by atoms with Gasteiger partial charge in [0.25, 0.3) is 0 Å². The van der Waals surface area contributed by atoms with Crippen molar-refractivity contribution in [3.05, 3.63) is 0 Å². The van der Waals surface area contributed by atoms with Crippen molar-refractivity contribution in [2.45, 2.75) is 85.0 Å². The quantitative estimate of drug-likeness (QED) is 0.512. The summed E-state index contributed by atoms with van der Waals surface area (Å²) < 4.78 is 0. The van der Waals surface area contributed by atoms with Crippen molar-refractivity contribution in [1.29, 1.82) is 0 Å². The van der Waals surface area contributed by atoms with E-state index in [-0.39, 0.29) is 35.5 Å². The Kier molecular flexibility index (Phi) is 6.47. The van der Waals surface area contributed by atoms with Gasteiger partial charge in [0, 0.05) is 5.92 Å². The molecule has 1 unspecified atom stereocenters. The minimum atomic E-state index is -1.23. The molecule has 27 heavy (non-hydrogen) atoms. The second-order valence-corrected chi connectivity index (χ2v) is 10.5. The van der Waals surface area contributed by atoms with E-state index in [1.165, 1.54) is 64.2 Å². The molecule has 0 aliphatic heterocycles. The molecule has 0 saturated heterocycles. The van der Waals surface area contributed by atoms with Crippen LogP contribution in [-0.4, -0.2) is 5.97 Å². The number of hydrogen-bond acceptors (Lipinski definition) is 2. The second kappa shape index (κ2) is 8.04. The number of aliphatic carboxylic acids is 1. The summed E-state index contributed by atoms with van der Waals surface area (Å²) in [6.07, 6.45) is 14.0. The van der Waals surface area contributed by atoms with Gasteiger partial charge in [0.2, 0.25) is 0 Å². The maximum atomic E-state index is 10.8. The molecule has 4 aliphatic carbocycles. The molecule has 0 radical (unpaired) electrons. The van der Waals surface area contributed by atoms with Crippen LogP contribution in [0.15, 0.2) is 0 Å². The molecule has 0 aromatic heterocycles. The summed E-state index contributed by atoms with van der Waals surface area (Å²) >= 11 is 0. The van der Waals surface area contributed by atoms with Crippen LogP contribution >= 0.6 is 0 Å². The number of carbonyl (C=O) groups is 1. The smallest absolute Gasteiger partial charge is 0.537 e. The standard InChI is InChI=1S/C24H36O2.Na/c1-16(7-12-22(25)26)19-10-11-20-18-9-8-17-6-4-5-14-23(17,2)21(18)13-15-24(19,20)3;/h16-21H,4-6,8-11,13-15H2,1-3H3,(H,25,26);/q;+1/p-1/t16-,17?,18+,19-,20+,21+,23+,24-;/m1./s1. The fraction of sp³-hybridized carbons (Fsp3) is 0.875. The Morgan fingerprint density at radius 2 is 1.70 bits per heavy atom. The zero-order valence-electron chi connectivity index (χ0n) is 17.9. The molecule has 0 aromatic rings. The van der Waals surface area contributed by atoms with Gasteiger partial charge >= 0.3 is 29.6 Å². The third-order valence-electron chi connectivity index (χ3n) is 9.66. The van der Waals surface area contributed by atoms with E-state index in [4.69, 9.17) is 0 Å². The van der Waals surface area contributed by atoms with Gasteiger partial charge in [-0.2, -0.15) is 0 Å². The number of carboxylic acids is 1. The molecule has 144 valence electrons. The second-order valence-electron chi connectivity index (χ2n) is 10.5. The van der Waals surface area contributed by atoms with Crippen LogP contribution in [-0.2, 0) is 4.79 Å². The summed E-state index contributed by atoms with van der Waals surface area (Å²) in [4.78, 5) is 10.8. The Hall–Kier alpha value is 0.0300. The summed E-state index contributed by atoms with van der Waals surface area (Å²) in [5.41, 5.74) is 0.958. The number of carbonyl (C=O) groups excluding carboxylic acids is 1. The van der Waals surface area contributed by atoms with Gasteiger partial charge in [0.15, 0.2) is 0 Å². The zero-order chi connectivity index (χ0) is 18.5. The van der Waals surface area contributed by atoms with E-state index in [2.05, 4.69) is 32.6 Å². The molecular formula is C24H35NaO2. The largest absolute Gasteiger partial charge is 1.00 e. The summed E-state index contributed by atoms with van der Waals surface area (Å²) in [6, 6.07) is 0. The Balaban J connectivity index is 0.00000210. The van der Waals surface area contributed by atoms with Gasteiger partial charge in [-0.25, -0.2) is 0 Å². The summed E-state index contributed by atoms with van der Waals surface area (Å²) in [6.45, 7) is 7.29. The fourth-order valence-electron chi connectivity index (χ4n) is 8.43. The Bertz CT molecular complexity index is 634. The molecule has 0 heterocycles. The number of hydrogen-bond donors (Lipinski definition) is 0. The average Bonchev–Trinajstić information content (AvgIpc) is 2.96. The van der Waals surface area contributed by atoms with Gasteiger partial charge in [-0.3, -0.25) is 0 Å². The first kappa shape index (κ1) is 21.7. The monoisotopic (exact) mass is 378 g/mol. The predicted molar refractivity (Wildman–Crippen MR) is 102 cm³/mol. The Morgan fingerprint density at radius 1 is 0.963 bits per heavy atom. The summed E-state index contributed by atoms with van der Waals surface area (Å²) in [5, 5.41) is 10.8. The van der Waals surface area contributed by atoms with Crippen molar-refractivity contribution < 1.29 is 39.5 Å². The minimum Gasteiger partial charge on any atom is -0.537 e. The van der Waals surface area contributed by atoms with Crippen molar-refractivity contribution in [2.75, 3.05) is 0 Å². The van der Waals surface area contributed by atoms with Gasteiger partial charge in [0.05, 0.1) is 0 Å². The average molecular weight is 379 g/mol. The SMILES string of the molecule is C[C@H](C#CC(=O)[O-])[C@H]1CC[C@H]2[C@@H]3CCC4CCCC[C@]4(C)[C@H]3CC[C@]12C.[Na+]. The van der Waals surface area contributed by atoms with Crippen LogP contribution in [0.25, 0.3) is 0 Å². The molecule has 8 atom stereocenters. The minimum absolute atomic E-state index is 0. The molecule has 4 fully saturated rings. The molecule has 0 spiro atoms. The summed E-state index contributed by atoms with van der Waals surface area (Å²) in [5.74, 6) is 8.42. The number of carboxylic acid groups (broad SMARTS) is 1. The van der Waals surface area contributed by atoms with Gasteiger partial charge in [0.1, 0.15) is 5.97 Å². The van der Waals surface area contributed by atoms with Crippen LogP contribution in [0.5, 0.6) is 0 Å². The van der Waals surface area contributed by atoms with Crippen molar-refractivity contribution in [1.82, 2.24) is 0 Å². The normalized spacial score (nSPS) is 46.6. The molecule has 4 aliphatic rings. The van der Waals surface area contributed by atoms with Crippen LogP contribution in [0.4, 0.5) is 0 Å². The van der Waals surface area contributed by atoms with Crippen LogP contribution in [0.2, 0.25) is 0 Å². The maximum Gasteiger partial charge on any atom is 1.00 e. The van der Waals surface area contributed by atoms with E-state index in [1.54, 1.807) is 0 Å². The molecule has 4 rings (SSSR count). The Labute approximate surface area is 187 Å². The van der Waals surface area contributed by atoms with E-state index in [1.807, 2.05) is 0 Å². The molecule has 0 N–H and O–H groups in total. The number of fused-ring (bicyclic) bond motifs is 5. The van der Waals surface area contributed by atoms with Gasteiger partial charge in [-0.15, -0.1) is 0 Å². The van der Waals surface area contributed by atoms with Gasteiger partial charge in [-0.05, 0) is 97.7 Å². The van der Waals surface area contributed by atoms with Crippen molar-refractivity contribution >= 4 is 5.97 Å². The Morgan fingerprint density at radius 3 is 2.44 bits per heavy atom. The molecule has 0 bridgehead atoms. The number of rotatable bonds is 1. The van der Waals surface area contributed by atoms with Crippen LogP contribution in [0.3, 0.4) is 0 Å². The third kappa shape index (κ3) is 3.55. The van der Waals surface area contributed by atoms with Gasteiger partial charge in [-0.1, -0.05) is 39.5 Å². The maximum absolute atomic E-state index is 10.8. The third-order valence-corrected chi connectivity index (χ3v) is 9.66. The van der Waals surface area contributed by atoms with Crippen molar-refractivity contribution in [2.24, 2.45) is 46.3 Å². The zero-order valence-corrected chi connectivity index (χ0v) is 19.9. The van der Waals surface area contributed by atoms with Crippen molar-refractivity contribution in [3.8, 4) is 11.8 Å². The molecule has 2 nitrogen and oxygen atoms in total. The first-order valence-corrected chi connectivity index (χ1v) is 11.1. The van der Waals surface area contributed by atoms with Crippen LogP contribution < -0.4 is 34.7 Å². The van der Waals surface area contributed by atoms with Crippen LogP contribution in [0.1, 0.15) is 85.0 Å². The van der Waals surface area contributed by atoms with Gasteiger partial charge < -0.3 is 9.90 Å². The molecule has 0 aromatic carbocycles. The van der Waals surface area contributed by atoms with E-state index in [9.17, 15) is 9.90 Å². The van der Waals surface area contributed by atoms with E-state index in [0.717, 1.165) is 23.7 Å². The topological polar surface area (TPSA) is 40.1 Å². The fourth-order valence-corrected chi connectivity index (χ4v) is 8.43.